The summed E-state index contributed by atoms with van der Waals surface area (Å²) in [5, 5.41) is 23.1. The quantitative estimate of drug-likeness (QED) is 0.598. The molecule has 122 valence electrons. The van der Waals surface area contributed by atoms with Crippen LogP contribution in [0.25, 0.3) is 0 Å². The highest BCUT2D eigenvalue weighted by atomic mass is 32.2. The Kier molecular flexibility index (Phi) is 4.99. The first-order valence-corrected chi connectivity index (χ1v) is 8.47. The molecule has 1 saturated heterocycles. The molecule has 1 aliphatic heterocycles. The number of sulfonamides is 1. The molecule has 1 aliphatic rings. The van der Waals surface area contributed by atoms with Crippen LogP contribution in [0, 0.1) is 10.1 Å². The van der Waals surface area contributed by atoms with Gasteiger partial charge in [-0.25, -0.2) is 8.42 Å². The van der Waals surface area contributed by atoms with Crippen molar-refractivity contribution in [3.05, 3.63) is 28.3 Å². The smallest absolute Gasteiger partial charge is 0.293 e. The molecule has 1 aromatic rings. The Bertz CT molecular complexity index is 654. The number of nitrogens with one attached hydrogen (secondary N) is 1. The van der Waals surface area contributed by atoms with Crippen LogP contribution in [0.4, 0.5) is 11.4 Å². The fourth-order valence-electron chi connectivity index (χ4n) is 2.31. The van der Waals surface area contributed by atoms with Crippen molar-refractivity contribution in [2.24, 2.45) is 0 Å². The minimum Gasteiger partial charge on any atom is -0.392 e. The van der Waals surface area contributed by atoms with Crippen molar-refractivity contribution in [2.75, 3.05) is 25.0 Å². The molecular formula is C13H19N3O5S. The van der Waals surface area contributed by atoms with Gasteiger partial charge in [-0.2, -0.15) is 4.31 Å². The lowest BCUT2D eigenvalue weighted by atomic mass is 10.2. The van der Waals surface area contributed by atoms with Crippen molar-refractivity contribution in [1.29, 1.82) is 0 Å². The van der Waals surface area contributed by atoms with Crippen LogP contribution < -0.4 is 5.32 Å². The summed E-state index contributed by atoms with van der Waals surface area (Å²) in [6, 6.07) is 3.78. The highest BCUT2D eigenvalue weighted by molar-refractivity contribution is 7.89. The summed E-state index contributed by atoms with van der Waals surface area (Å²) in [7, 11) is -3.69. The van der Waals surface area contributed by atoms with E-state index in [0.29, 0.717) is 13.1 Å². The maximum atomic E-state index is 12.4. The molecule has 1 heterocycles. The van der Waals surface area contributed by atoms with Gasteiger partial charge in [-0.3, -0.25) is 10.1 Å². The average Bonchev–Trinajstić information content (AvgIpc) is 2.99. The number of rotatable bonds is 6. The third-order valence-electron chi connectivity index (χ3n) is 3.46. The molecule has 22 heavy (non-hydrogen) atoms. The van der Waals surface area contributed by atoms with Crippen LogP contribution in [-0.4, -0.2) is 48.5 Å². The number of nitro groups is 1. The van der Waals surface area contributed by atoms with E-state index in [1.165, 1.54) is 16.4 Å². The van der Waals surface area contributed by atoms with E-state index in [-0.39, 0.29) is 22.8 Å². The molecule has 8 nitrogen and oxygen atoms in total. The molecule has 1 aromatic carbocycles. The van der Waals surface area contributed by atoms with Crippen LogP contribution in [0.3, 0.4) is 0 Å². The van der Waals surface area contributed by atoms with Crippen molar-refractivity contribution in [1.82, 2.24) is 4.31 Å². The topological polar surface area (TPSA) is 113 Å². The second-order valence-electron chi connectivity index (χ2n) is 5.28. The minimum atomic E-state index is -3.69. The fourth-order valence-corrected chi connectivity index (χ4v) is 3.85. The second kappa shape index (κ2) is 6.59. The third kappa shape index (κ3) is 3.54. The predicted octanol–water partition coefficient (Wildman–Crippen LogP) is 1.17. The fraction of sp³-hybridized carbons (Fsp3) is 0.538. The van der Waals surface area contributed by atoms with Gasteiger partial charge in [0, 0.05) is 25.7 Å². The van der Waals surface area contributed by atoms with Crippen molar-refractivity contribution in [3.63, 3.8) is 0 Å². The lowest BCUT2D eigenvalue weighted by molar-refractivity contribution is -0.384. The Morgan fingerprint density at radius 3 is 2.59 bits per heavy atom. The van der Waals surface area contributed by atoms with Gasteiger partial charge in [-0.15, -0.1) is 0 Å². The molecule has 9 heteroatoms. The summed E-state index contributed by atoms with van der Waals surface area (Å²) >= 11 is 0. The number of aliphatic hydroxyl groups excluding tert-OH is 1. The number of nitro benzene ring substituents is 1. The van der Waals surface area contributed by atoms with Crippen molar-refractivity contribution in [3.8, 4) is 0 Å². The molecule has 0 radical (unpaired) electrons. The molecule has 1 atom stereocenters. The van der Waals surface area contributed by atoms with Crippen molar-refractivity contribution >= 4 is 21.4 Å². The lowest BCUT2D eigenvalue weighted by Crippen LogP contribution is -2.28. The van der Waals surface area contributed by atoms with Gasteiger partial charge in [0.2, 0.25) is 10.0 Å². The van der Waals surface area contributed by atoms with E-state index >= 15 is 0 Å². The summed E-state index contributed by atoms with van der Waals surface area (Å²) in [6.07, 6.45) is 0.928. The van der Waals surface area contributed by atoms with Crippen LogP contribution in [0.1, 0.15) is 19.8 Å². The summed E-state index contributed by atoms with van der Waals surface area (Å²) < 4.78 is 26.2. The first-order chi connectivity index (χ1) is 10.3. The minimum absolute atomic E-state index is 0.0799. The molecule has 0 spiro atoms. The molecule has 0 bridgehead atoms. The van der Waals surface area contributed by atoms with Gasteiger partial charge in [0.1, 0.15) is 5.69 Å². The van der Waals surface area contributed by atoms with E-state index in [2.05, 4.69) is 5.32 Å². The summed E-state index contributed by atoms with van der Waals surface area (Å²) in [5.41, 5.74) is -0.132. The largest absolute Gasteiger partial charge is 0.392 e. The zero-order valence-electron chi connectivity index (χ0n) is 12.2. The maximum absolute atomic E-state index is 12.4. The Hall–Kier alpha value is -1.71. The molecule has 0 aromatic heterocycles. The highest BCUT2D eigenvalue weighted by Crippen LogP contribution is 2.30. The van der Waals surface area contributed by atoms with Crippen LogP contribution in [0.15, 0.2) is 23.1 Å². The highest BCUT2D eigenvalue weighted by Gasteiger charge is 2.29. The van der Waals surface area contributed by atoms with Crippen molar-refractivity contribution in [2.45, 2.75) is 30.8 Å². The maximum Gasteiger partial charge on any atom is 0.293 e. The van der Waals surface area contributed by atoms with E-state index in [1.54, 1.807) is 6.92 Å². The van der Waals surface area contributed by atoms with Gasteiger partial charge in [0.05, 0.1) is 15.9 Å². The standard InChI is InChI=1S/C13H19N3O5S/c1-10(17)9-14-12-5-4-11(8-13(12)16(18)19)22(20,21)15-6-2-3-7-15/h4-5,8,10,14,17H,2-3,6-7,9H2,1H3/t10-/m1/s1. The molecule has 0 aliphatic carbocycles. The van der Waals surface area contributed by atoms with Gasteiger partial charge in [-0.1, -0.05) is 0 Å². The Morgan fingerprint density at radius 1 is 1.41 bits per heavy atom. The normalized spacial score (nSPS) is 17.4. The number of nitrogens with zero attached hydrogens (tertiary/aromatic N) is 2. The summed E-state index contributed by atoms with van der Waals surface area (Å²) in [4.78, 5) is 10.5. The molecule has 1 fully saturated rings. The number of anilines is 1. The SMILES string of the molecule is C[C@@H](O)CNc1ccc(S(=O)(=O)N2CCCC2)cc1[N+](=O)[O-]. The molecule has 0 saturated carbocycles. The Balaban J connectivity index is 2.34. The molecular weight excluding hydrogens is 310 g/mol. The van der Waals surface area contributed by atoms with Gasteiger partial charge in [-0.05, 0) is 31.9 Å². The number of aliphatic hydroxyl groups is 1. The van der Waals surface area contributed by atoms with Gasteiger partial charge in [0.15, 0.2) is 0 Å². The molecule has 2 N–H and O–H groups in total. The number of benzene rings is 1. The van der Waals surface area contributed by atoms with E-state index in [0.717, 1.165) is 18.9 Å². The van der Waals surface area contributed by atoms with E-state index in [1.807, 2.05) is 0 Å². The second-order valence-corrected chi connectivity index (χ2v) is 7.22. The first-order valence-electron chi connectivity index (χ1n) is 7.03. The van der Waals surface area contributed by atoms with Crippen LogP contribution in [0.5, 0.6) is 0 Å². The first kappa shape index (κ1) is 16.7. The Morgan fingerprint density at radius 2 is 2.05 bits per heavy atom. The van der Waals surface area contributed by atoms with E-state index in [4.69, 9.17) is 0 Å². The van der Waals surface area contributed by atoms with E-state index in [9.17, 15) is 23.6 Å². The van der Waals surface area contributed by atoms with Crippen molar-refractivity contribution < 1.29 is 18.4 Å². The summed E-state index contributed by atoms with van der Waals surface area (Å²) in [5.74, 6) is 0. The Labute approximate surface area is 128 Å². The number of hydrogen-bond donors (Lipinski definition) is 2. The van der Waals surface area contributed by atoms with E-state index < -0.39 is 21.1 Å². The zero-order chi connectivity index (χ0) is 16.3. The third-order valence-corrected chi connectivity index (χ3v) is 5.35. The van der Waals surface area contributed by atoms with Crippen LogP contribution >= 0.6 is 0 Å². The van der Waals surface area contributed by atoms with Gasteiger partial charge in [0.25, 0.3) is 5.69 Å². The predicted molar refractivity (Wildman–Crippen MR) is 81.3 cm³/mol. The van der Waals surface area contributed by atoms with Gasteiger partial charge < -0.3 is 10.4 Å². The number of hydrogen-bond acceptors (Lipinski definition) is 6. The lowest BCUT2D eigenvalue weighted by Gasteiger charge is -2.16. The average molecular weight is 329 g/mol. The molecule has 2 rings (SSSR count). The monoisotopic (exact) mass is 329 g/mol. The van der Waals surface area contributed by atoms with Crippen LogP contribution in [-0.2, 0) is 10.0 Å². The zero-order valence-corrected chi connectivity index (χ0v) is 13.0. The summed E-state index contributed by atoms with van der Waals surface area (Å²) in [6.45, 7) is 2.57. The molecule has 0 unspecified atom stereocenters. The molecule has 0 amide bonds. The van der Waals surface area contributed by atoms with Gasteiger partial charge >= 0.3 is 0 Å². The van der Waals surface area contributed by atoms with Crippen LogP contribution in [0.2, 0.25) is 0 Å².